The summed E-state index contributed by atoms with van der Waals surface area (Å²) in [4.78, 5) is 11.7. The molecule has 3 nitrogen and oxygen atoms in total. The Morgan fingerprint density at radius 2 is 1.94 bits per heavy atom. The fraction of sp³-hybridized carbons (Fsp3) is 0.929. The maximum absolute atomic E-state index is 11.7. The number of hydrogen-bond acceptors (Lipinski definition) is 2. The van der Waals surface area contributed by atoms with Gasteiger partial charge < -0.3 is 10.8 Å². The minimum atomic E-state index is -0.371. The fourth-order valence-electron chi connectivity index (χ4n) is 2.73. The zero-order valence-corrected chi connectivity index (χ0v) is 11.8. The summed E-state index contributed by atoms with van der Waals surface area (Å²) >= 11 is 0. The number of hydrogen-bond donors (Lipinski definition) is 2. The maximum Gasteiger partial charge on any atom is 0.223 e. The van der Waals surface area contributed by atoms with Crippen molar-refractivity contribution in [2.24, 2.45) is 17.1 Å². The molecule has 3 N–H and O–H groups in total. The highest BCUT2D eigenvalue weighted by atomic mass is 16.3. The first-order valence-electron chi connectivity index (χ1n) is 6.89. The van der Waals surface area contributed by atoms with E-state index in [9.17, 15) is 9.90 Å². The summed E-state index contributed by atoms with van der Waals surface area (Å²) in [6, 6.07) is 0. The average Bonchev–Trinajstić information content (AvgIpc) is 2.26. The van der Waals surface area contributed by atoms with Gasteiger partial charge in [0.05, 0.1) is 6.10 Å². The Balaban J connectivity index is 4.75. The molecule has 0 aromatic heterocycles. The molecule has 0 aliphatic carbocycles. The number of rotatable bonds is 9. The molecule has 0 saturated carbocycles. The summed E-state index contributed by atoms with van der Waals surface area (Å²) in [6.45, 7) is 8.04. The SMILES string of the molecule is CCCC(CC)(CC(CC)CC(C)O)C(N)=O. The second kappa shape index (κ2) is 7.70. The van der Waals surface area contributed by atoms with E-state index in [4.69, 9.17) is 5.73 Å². The molecule has 0 fully saturated rings. The highest BCUT2D eigenvalue weighted by Crippen LogP contribution is 2.37. The van der Waals surface area contributed by atoms with Crippen molar-refractivity contribution in [2.75, 3.05) is 0 Å². The lowest BCUT2D eigenvalue weighted by molar-refractivity contribution is -0.129. The minimum absolute atomic E-state index is 0.175. The normalized spacial score (nSPS) is 18.4. The third-order valence-electron chi connectivity index (χ3n) is 3.86. The fourth-order valence-corrected chi connectivity index (χ4v) is 2.73. The van der Waals surface area contributed by atoms with Crippen LogP contribution in [0.1, 0.15) is 66.2 Å². The number of primary amides is 1. The van der Waals surface area contributed by atoms with Crippen molar-refractivity contribution >= 4 is 5.91 Å². The van der Waals surface area contributed by atoms with Gasteiger partial charge in [0, 0.05) is 5.41 Å². The van der Waals surface area contributed by atoms with E-state index < -0.39 is 0 Å². The van der Waals surface area contributed by atoms with Gasteiger partial charge in [-0.05, 0) is 38.5 Å². The lowest BCUT2D eigenvalue weighted by Gasteiger charge is -2.33. The van der Waals surface area contributed by atoms with E-state index in [0.29, 0.717) is 5.92 Å². The van der Waals surface area contributed by atoms with Crippen LogP contribution in [0.4, 0.5) is 0 Å². The molecule has 3 unspecified atom stereocenters. The summed E-state index contributed by atoms with van der Waals surface area (Å²) in [5.74, 6) is 0.208. The molecule has 0 spiro atoms. The first-order valence-corrected chi connectivity index (χ1v) is 6.89. The van der Waals surface area contributed by atoms with Gasteiger partial charge in [0.1, 0.15) is 0 Å². The molecule has 0 saturated heterocycles. The Hall–Kier alpha value is -0.570. The highest BCUT2D eigenvalue weighted by Gasteiger charge is 2.35. The molecule has 102 valence electrons. The lowest BCUT2D eigenvalue weighted by Crippen LogP contribution is -2.38. The molecule has 17 heavy (non-hydrogen) atoms. The van der Waals surface area contributed by atoms with E-state index in [1.54, 1.807) is 6.92 Å². The number of nitrogens with two attached hydrogens (primary N) is 1. The number of carbonyl (C=O) groups excluding carboxylic acids is 1. The van der Waals surface area contributed by atoms with Crippen molar-refractivity contribution in [1.82, 2.24) is 0 Å². The van der Waals surface area contributed by atoms with Crippen molar-refractivity contribution in [1.29, 1.82) is 0 Å². The van der Waals surface area contributed by atoms with Crippen molar-refractivity contribution in [3.8, 4) is 0 Å². The number of carbonyl (C=O) groups is 1. The maximum atomic E-state index is 11.7. The van der Waals surface area contributed by atoms with Crippen LogP contribution in [-0.4, -0.2) is 17.1 Å². The van der Waals surface area contributed by atoms with Gasteiger partial charge in [-0.25, -0.2) is 0 Å². The molecule has 3 atom stereocenters. The van der Waals surface area contributed by atoms with Gasteiger partial charge in [-0.2, -0.15) is 0 Å². The number of aliphatic hydroxyl groups excluding tert-OH is 1. The van der Waals surface area contributed by atoms with E-state index in [0.717, 1.165) is 38.5 Å². The predicted octanol–water partition coefficient (Wildman–Crippen LogP) is 2.86. The van der Waals surface area contributed by atoms with Crippen LogP contribution >= 0.6 is 0 Å². The molecule has 0 aliphatic rings. The van der Waals surface area contributed by atoms with Crippen LogP contribution in [-0.2, 0) is 4.79 Å². The van der Waals surface area contributed by atoms with Gasteiger partial charge >= 0.3 is 0 Å². The predicted molar refractivity (Wildman–Crippen MR) is 71.5 cm³/mol. The topological polar surface area (TPSA) is 63.3 Å². The molecule has 0 heterocycles. The Kier molecular flexibility index (Phi) is 7.44. The van der Waals surface area contributed by atoms with E-state index in [1.807, 2.05) is 6.92 Å². The van der Waals surface area contributed by atoms with E-state index in [-0.39, 0.29) is 17.4 Å². The van der Waals surface area contributed by atoms with E-state index in [2.05, 4.69) is 13.8 Å². The van der Waals surface area contributed by atoms with Crippen LogP contribution in [0.2, 0.25) is 0 Å². The molecule has 1 amide bonds. The zero-order chi connectivity index (χ0) is 13.5. The molecule has 0 radical (unpaired) electrons. The average molecular weight is 243 g/mol. The van der Waals surface area contributed by atoms with Crippen molar-refractivity contribution < 1.29 is 9.90 Å². The van der Waals surface area contributed by atoms with E-state index in [1.165, 1.54) is 0 Å². The Bertz CT molecular complexity index is 228. The molecule has 0 bridgehead atoms. The Morgan fingerprint density at radius 3 is 2.24 bits per heavy atom. The van der Waals surface area contributed by atoms with Crippen molar-refractivity contribution in [2.45, 2.75) is 72.3 Å². The second-order valence-electron chi connectivity index (χ2n) is 5.31. The quantitative estimate of drug-likeness (QED) is 0.654. The standard InChI is InChI=1S/C14H29NO2/c1-5-8-14(7-3,13(15)17)10-12(6-2)9-11(4)16/h11-12,16H,5-10H2,1-4H3,(H2,15,17). The van der Waals surface area contributed by atoms with Crippen LogP contribution in [0.25, 0.3) is 0 Å². The van der Waals surface area contributed by atoms with Gasteiger partial charge in [0.2, 0.25) is 5.91 Å². The molecule has 0 aromatic rings. The molecule has 0 aliphatic heterocycles. The summed E-state index contributed by atoms with van der Waals surface area (Å²) in [6.07, 6.45) is 4.89. The largest absolute Gasteiger partial charge is 0.393 e. The first kappa shape index (κ1) is 16.4. The van der Waals surface area contributed by atoms with Crippen LogP contribution < -0.4 is 5.73 Å². The van der Waals surface area contributed by atoms with Crippen LogP contribution in [0.3, 0.4) is 0 Å². The third kappa shape index (κ3) is 5.07. The molecule has 0 rings (SSSR count). The van der Waals surface area contributed by atoms with Gasteiger partial charge in [-0.3, -0.25) is 4.79 Å². The van der Waals surface area contributed by atoms with Crippen LogP contribution in [0, 0.1) is 11.3 Å². The zero-order valence-electron chi connectivity index (χ0n) is 11.8. The summed E-state index contributed by atoms with van der Waals surface area (Å²) < 4.78 is 0. The smallest absolute Gasteiger partial charge is 0.223 e. The monoisotopic (exact) mass is 243 g/mol. The van der Waals surface area contributed by atoms with Gasteiger partial charge in [0.25, 0.3) is 0 Å². The van der Waals surface area contributed by atoms with E-state index >= 15 is 0 Å². The molecular formula is C14H29NO2. The summed E-state index contributed by atoms with van der Waals surface area (Å²) in [5, 5.41) is 9.48. The summed E-state index contributed by atoms with van der Waals surface area (Å²) in [5.41, 5.74) is 5.23. The second-order valence-corrected chi connectivity index (χ2v) is 5.31. The third-order valence-corrected chi connectivity index (χ3v) is 3.86. The minimum Gasteiger partial charge on any atom is -0.393 e. The van der Waals surface area contributed by atoms with Crippen molar-refractivity contribution in [3.05, 3.63) is 0 Å². The van der Waals surface area contributed by atoms with Crippen LogP contribution in [0.15, 0.2) is 0 Å². The number of amides is 1. The lowest BCUT2D eigenvalue weighted by atomic mass is 9.71. The van der Waals surface area contributed by atoms with Gasteiger partial charge in [0.15, 0.2) is 0 Å². The molecular weight excluding hydrogens is 214 g/mol. The van der Waals surface area contributed by atoms with Crippen LogP contribution in [0.5, 0.6) is 0 Å². The van der Waals surface area contributed by atoms with Gasteiger partial charge in [-0.1, -0.05) is 33.6 Å². The van der Waals surface area contributed by atoms with Gasteiger partial charge in [-0.15, -0.1) is 0 Å². The Labute approximate surface area is 106 Å². The molecule has 3 heteroatoms. The number of aliphatic hydroxyl groups is 1. The van der Waals surface area contributed by atoms with Crippen molar-refractivity contribution in [3.63, 3.8) is 0 Å². The Morgan fingerprint density at radius 1 is 1.35 bits per heavy atom. The molecule has 0 aromatic carbocycles. The summed E-state index contributed by atoms with van der Waals surface area (Å²) in [7, 11) is 0. The highest BCUT2D eigenvalue weighted by molar-refractivity contribution is 5.80. The first-order chi connectivity index (χ1) is 7.91.